The van der Waals surface area contributed by atoms with Crippen LogP contribution in [-0.4, -0.2) is 16.7 Å². The molecule has 0 aliphatic heterocycles. The molecule has 1 rings (SSSR count). The summed E-state index contributed by atoms with van der Waals surface area (Å²) >= 11 is 0. The summed E-state index contributed by atoms with van der Waals surface area (Å²) in [5.74, 6) is 0.380. The van der Waals surface area contributed by atoms with E-state index in [2.05, 4.69) is 18.8 Å². The van der Waals surface area contributed by atoms with Gasteiger partial charge in [0.25, 0.3) is 0 Å². The lowest BCUT2D eigenvalue weighted by molar-refractivity contribution is 0.320. The van der Waals surface area contributed by atoms with Crippen molar-refractivity contribution in [1.29, 1.82) is 0 Å². The predicted octanol–water partition coefficient (Wildman–Crippen LogP) is 2.11. The van der Waals surface area contributed by atoms with Crippen LogP contribution in [0.4, 0.5) is 0 Å². The van der Waals surface area contributed by atoms with Crippen LogP contribution in [-0.2, 0) is 0 Å². The molecular formula is C11H15NO. The van der Waals surface area contributed by atoms with E-state index in [1.807, 2.05) is 18.2 Å². The fraction of sp³-hybridized carbons (Fsp3) is 0.364. The summed E-state index contributed by atoms with van der Waals surface area (Å²) in [4.78, 5) is 4.01. The van der Waals surface area contributed by atoms with E-state index in [0.29, 0.717) is 5.92 Å². The standard InChI is InChI=1S/C11H15NO/c1-9(2)11(8-13)6-10-4-3-5-12-7-10/h3-7,9,13H,8H2,1-2H3. The Labute approximate surface area is 78.9 Å². The first kappa shape index (κ1) is 9.93. The van der Waals surface area contributed by atoms with E-state index in [0.717, 1.165) is 11.1 Å². The molecule has 1 aromatic rings. The molecule has 0 aliphatic rings. The maximum atomic E-state index is 9.07. The normalized spacial score (nSPS) is 12.2. The molecule has 2 heteroatoms. The summed E-state index contributed by atoms with van der Waals surface area (Å²) in [7, 11) is 0. The Balaban J connectivity index is 2.85. The Hall–Kier alpha value is -1.15. The molecule has 0 radical (unpaired) electrons. The van der Waals surface area contributed by atoms with Gasteiger partial charge in [0.05, 0.1) is 6.61 Å². The second-order valence-corrected chi connectivity index (χ2v) is 3.32. The van der Waals surface area contributed by atoms with E-state index >= 15 is 0 Å². The highest BCUT2D eigenvalue weighted by atomic mass is 16.3. The van der Waals surface area contributed by atoms with Gasteiger partial charge in [-0.1, -0.05) is 26.0 Å². The summed E-state index contributed by atoms with van der Waals surface area (Å²) in [5.41, 5.74) is 2.08. The molecule has 70 valence electrons. The Bertz CT molecular complexity index is 277. The number of rotatable bonds is 3. The number of aliphatic hydroxyl groups excluding tert-OH is 1. The van der Waals surface area contributed by atoms with Gasteiger partial charge in [0.2, 0.25) is 0 Å². The van der Waals surface area contributed by atoms with Crippen LogP contribution >= 0.6 is 0 Å². The molecule has 13 heavy (non-hydrogen) atoms. The average Bonchev–Trinajstić information content (AvgIpc) is 2.15. The van der Waals surface area contributed by atoms with Crippen LogP contribution in [0.15, 0.2) is 30.1 Å². The fourth-order valence-electron chi connectivity index (χ4n) is 1.07. The highest BCUT2D eigenvalue weighted by Crippen LogP contribution is 2.12. The second-order valence-electron chi connectivity index (χ2n) is 3.32. The minimum Gasteiger partial charge on any atom is -0.392 e. The smallest absolute Gasteiger partial charge is 0.0647 e. The number of hydrogen-bond donors (Lipinski definition) is 1. The predicted molar refractivity (Wildman–Crippen MR) is 54.1 cm³/mol. The third-order valence-corrected chi connectivity index (χ3v) is 1.96. The second kappa shape index (κ2) is 4.77. The van der Waals surface area contributed by atoms with Crippen molar-refractivity contribution < 1.29 is 5.11 Å². The van der Waals surface area contributed by atoms with Gasteiger partial charge in [-0.2, -0.15) is 0 Å². The maximum absolute atomic E-state index is 9.07. The van der Waals surface area contributed by atoms with Crippen LogP contribution in [0, 0.1) is 5.92 Å². The molecule has 0 aliphatic carbocycles. The number of aromatic nitrogens is 1. The molecule has 0 spiro atoms. The van der Waals surface area contributed by atoms with E-state index < -0.39 is 0 Å². The summed E-state index contributed by atoms with van der Waals surface area (Å²) in [6, 6.07) is 3.87. The SMILES string of the molecule is CC(C)C(=Cc1cccnc1)CO. The number of pyridine rings is 1. The molecule has 0 saturated carbocycles. The molecule has 1 aromatic heterocycles. The van der Waals surface area contributed by atoms with Crippen LogP contribution in [0.5, 0.6) is 0 Å². The molecule has 0 amide bonds. The number of hydrogen-bond acceptors (Lipinski definition) is 2. The third-order valence-electron chi connectivity index (χ3n) is 1.96. The summed E-state index contributed by atoms with van der Waals surface area (Å²) in [6.45, 7) is 4.25. The first-order valence-corrected chi connectivity index (χ1v) is 4.45. The van der Waals surface area contributed by atoms with Crippen molar-refractivity contribution in [3.8, 4) is 0 Å². The number of aliphatic hydroxyl groups is 1. The van der Waals surface area contributed by atoms with Crippen molar-refractivity contribution in [2.45, 2.75) is 13.8 Å². The topological polar surface area (TPSA) is 33.1 Å². The van der Waals surface area contributed by atoms with Crippen LogP contribution in [0.25, 0.3) is 6.08 Å². The van der Waals surface area contributed by atoms with Gasteiger partial charge in [-0.05, 0) is 23.1 Å². The maximum Gasteiger partial charge on any atom is 0.0647 e. The fourth-order valence-corrected chi connectivity index (χ4v) is 1.07. The van der Waals surface area contributed by atoms with Crippen LogP contribution in [0.3, 0.4) is 0 Å². The zero-order valence-corrected chi connectivity index (χ0v) is 8.07. The molecule has 0 bridgehead atoms. The largest absolute Gasteiger partial charge is 0.392 e. The van der Waals surface area contributed by atoms with Gasteiger partial charge in [-0.3, -0.25) is 4.98 Å². The molecule has 0 unspecified atom stereocenters. The molecule has 0 aromatic carbocycles. The van der Waals surface area contributed by atoms with Crippen molar-refractivity contribution in [3.63, 3.8) is 0 Å². The van der Waals surface area contributed by atoms with E-state index in [1.165, 1.54) is 0 Å². The van der Waals surface area contributed by atoms with Crippen LogP contribution < -0.4 is 0 Å². The van der Waals surface area contributed by atoms with Crippen molar-refractivity contribution in [3.05, 3.63) is 35.7 Å². The Morgan fingerprint density at radius 2 is 2.38 bits per heavy atom. The third kappa shape index (κ3) is 2.99. The molecule has 2 nitrogen and oxygen atoms in total. The summed E-state index contributed by atoms with van der Waals surface area (Å²) in [5, 5.41) is 9.07. The van der Waals surface area contributed by atoms with Crippen LogP contribution in [0.1, 0.15) is 19.4 Å². The first-order valence-electron chi connectivity index (χ1n) is 4.45. The molecule has 0 fully saturated rings. The van der Waals surface area contributed by atoms with E-state index in [-0.39, 0.29) is 6.61 Å². The zero-order valence-electron chi connectivity index (χ0n) is 8.07. The van der Waals surface area contributed by atoms with Gasteiger partial charge in [0.15, 0.2) is 0 Å². The minimum atomic E-state index is 0.118. The van der Waals surface area contributed by atoms with Crippen molar-refractivity contribution in [2.24, 2.45) is 5.92 Å². The average molecular weight is 177 g/mol. The lowest BCUT2D eigenvalue weighted by Crippen LogP contribution is -1.98. The van der Waals surface area contributed by atoms with Crippen LogP contribution in [0.2, 0.25) is 0 Å². The van der Waals surface area contributed by atoms with E-state index in [4.69, 9.17) is 5.11 Å². The van der Waals surface area contributed by atoms with Crippen molar-refractivity contribution in [1.82, 2.24) is 4.98 Å². The highest BCUT2D eigenvalue weighted by Gasteiger charge is 2.00. The van der Waals surface area contributed by atoms with Gasteiger partial charge < -0.3 is 5.11 Å². The van der Waals surface area contributed by atoms with Gasteiger partial charge in [-0.25, -0.2) is 0 Å². The molecule has 0 atom stereocenters. The Morgan fingerprint density at radius 1 is 1.62 bits per heavy atom. The van der Waals surface area contributed by atoms with Gasteiger partial charge in [0, 0.05) is 12.4 Å². The zero-order chi connectivity index (χ0) is 9.68. The summed E-state index contributed by atoms with van der Waals surface area (Å²) < 4.78 is 0. The minimum absolute atomic E-state index is 0.118. The lowest BCUT2D eigenvalue weighted by atomic mass is 10.0. The van der Waals surface area contributed by atoms with E-state index in [9.17, 15) is 0 Å². The number of nitrogens with zero attached hydrogens (tertiary/aromatic N) is 1. The monoisotopic (exact) mass is 177 g/mol. The van der Waals surface area contributed by atoms with Crippen molar-refractivity contribution >= 4 is 6.08 Å². The van der Waals surface area contributed by atoms with Crippen molar-refractivity contribution in [2.75, 3.05) is 6.61 Å². The Kier molecular flexibility index (Phi) is 3.65. The lowest BCUT2D eigenvalue weighted by Gasteiger charge is -2.07. The summed E-state index contributed by atoms with van der Waals surface area (Å²) in [6.07, 6.45) is 5.51. The van der Waals surface area contributed by atoms with Gasteiger partial charge in [0.1, 0.15) is 0 Å². The van der Waals surface area contributed by atoms with E-state index in [1.54, 1.807) is 12.4 Å². The molecule has 1 N–H and O–H groups in total. The quantitative estimate of drug-likeness (QED) is 0.767. The molecule has 0 saturated heterocycles. The Morgan fingerprint density at radius 3 is 2.85 bits per heavy atom. The van der Waals surface area contributed by atoms with Gasteiger partial charge in [-0.15, -0.1) is 0 Å². The van der Waals surface area contributed by atoms with Gasteiger partial charge >= 0.3 is 0 Å². The highest BCUT2D eigenvalue weighted by molar-refractivity contribution is 5.52. The first-order chi connectivity index (χ1) is 6.24. The molecular weight excluding hydrogens is 162 g/mol. The molecule has 1 heterocycles.